The summed E-state index contributed by atoms with van der Waals surface area (Å²) in [5.41, 5.74) is 2.59. The van der Waals surface area contributed by atoms with Gasteiger partial charge < -0.3 is 19.3 Å². The minimum absolute atomic E-state index is 0.0358. The average Bonchev–Trinajstić information content (AvgIpc) is 3.26. The summed E-state index contributed by atoms with van der Waals surface area (Å²) in [5.74, 6) is 1.44. The summed E-state index contributed by atoms with van der Waals surface area (Å²) in [6, 6.07) is 11.2. The first kappa shape index (κ1) is 17.0. The molecule has 0 radical (unpaired) electrons. The predicted octanol–water partition coefficient (Wildman–Crippen LogP) is 2.64. The zero-order valence-corrected chi connectivity index (χ0v) is 14.0. The fourth-order valence-electron chi connectivity index (χ4n) is 2.47. The van der Waals surface area contributed by atoms with Gasteiger partial charge in [0.05, 0.1) is 25.0 Å². The van der Waals surface area contributed by atoms with E-state index in [0.717, 1.165) is 17.5 Å². The molecule has 3 rings (SSSR count). The number of hydrogen-bond donors (Lipinski definition) is 2. The van der Waals surface area contributed by atoms with Gasteiger partial charge in [-0.1, -0.05) is 24.3 Å². The van der Waals surface area contributed by atoms with Crippen molar-refractivity contribution in [3.8, 4) is 11.7 Å². The minimum atomic E-state index is -0.102. The van der Waals surface area contributed by atoms with Gasteiger partial charge in [-0.2, -0.15) is 0 Å². The highest BCUT2D eigenvalue weighted by molar-refractivity contribution is 5.78. The van der Waals surface area contributed by atoms with Crippen LogP contribution in [0, 0.1) is 6.92 Å². The first-order valence-electron chi connectivity index (χ1n) is 8.11. The standard InChI is InChI=1S/C19H20N2O4/c1-13-16(21-19(25-13)17-3-2-10-24-17)11-18(23)20-9-8-14-4-6-15(12-22)7-5-14/h2-7,10,22H,8-9,11-12H2,1H3,(H,20,23). The summed E-state index contributed by atoms with van der Waals surface area (Å²) >= 11 is 0. The van der Waals surface area contributed by atoms with E-state index in [1.54, 1.807) is 25.3 Å². The third-order valence-electron chi connectivity index (χ3n) is 3.89. The number of amides is 1. The van der Waals surface area contributed by atoms with Gasteiger partial charge in [0, 0.05) is 6.54 Å². The second-order valence-corrected chi connectivity index (χ2v) is 5.75. The zero-order valence-electron chi connectivity index (χ0n) is 14.0. The summed E-state index contributed by atoms with van der Waals surface area (Å²) in [6.07, 6.45) is 2.45. The van der Waals surface area contributed by atoms with E-state index in [2.05, 4.69) is 10.3 Å². The Hall–Kier alpha value is -2.86. The Labute approximate surface area is 145 Å². The fourth-order valence-corrected chi connectivity index (χ4v) is 2.47. The Morgan fingerprint density at radius 1 is 1.20 bits per heavy atom. The van der Waals surface area contributed by atoms with Gasteiger partial charge >= 0.3 is 0 Å². The summed E-state index contributed by atoms with van der Waals surface area (Å²) < 4.78 is 10.8. The fraction of sp³-hybridized carbons (Fsp3) is 0.263. The lowest BCUT2D eigenvalue weighted by molar-refractivity contribution is -0.120. The molecule has 0 saturated heterocycles. The van der Waals surface area contributed by atoms with E-state index in [9.17, 15) is 4.79 Å². The van der Waals surface area contributed by atoms with Crippen LogP contribution in [0.15, 0.2) is 51.5 Å². The molecule has 0 unspecified atom stereocenters. The zero-order chi connectivity index (χ0) is 17.6. The lowest BCUT2D eigenvalue weighted by Crippen LogP contribution is -2.27. The molecule has 25 heavy (non-hydrogen) atoms. The molecule has 0 aliphatic rings. The van der Waals surface area contributed by atoms with Crippen molar-refractivity contribution in [1.82, 2.24) is 10.3 Å². The lowest BCUT2D eigenvalue weighted by Gasteiger charge is -2.05. The molecule has 3 aromatic rings. The molecule has 6 heteroatoms. The molecule has 2 N–H and O–H groups in total. The molecule has 0 aliphatic heterocycles. The van der Waals surface area contributed by atoms with Gasteiger partial charge in [-0.3, -0.25) is 4.79 Å². The molecule has 130 valence electrons. The number of aliphatic hydroxyl groups is 1. The number of benzene rings is 1. The molecule has 0 saturated carbocycles. The van der Waals surface area contributed by atoms with Crippen LogP contribution in [-0.2, 0) is 24.2 Å². The number of nitrogens with one attached hydrogen (secondary N) is 1. The Morgan fingerprint density at radius 2 is 1.96 bits per heavy atom. The van der Waals surface area contributed by atoms with Crippen molar-refractivity contribution < 1.29 is 18.7 Å². The lowest BCUT2D eigenvalue weighted by atomic mass is 10.1. The van der Waals surface area contributed by atoms with Gasteiger partial charge in [0.2, 0.25) is 5.91 Å². The van der Waals surface area contributed by atoms with E-state index in [-0.39, 0.29) is 18.9 Å². The van der Waals surface area contributed by atoms with E-state index in [1.807, 2.05) is 24.3 Å². The first-order chi connectivity index (χ1) is 12.2. The number of aliphatic hydroxyl groups excluding tert-OH is 1. The van der Waals surface area contributed by atoms with Gasteiger partial charge in [-0.05, 0) is 36.6 Å². The van der Waals surface area contributed by atoms with Crippen molar-refractivity contribution in [3.05, 3.63) is 65.2 Å². The molecule has 2 aromatic heterocycles. The number of hydrogen-bond acceptors (Lipinski definition) is 5. The van der Waals surface area contributed by atoms with Crippen LogP contribution < -0.4 is 5.32 Å². The van der Waals surface area contributed by atoms with Crippen LogP contribution >= 0.6 is 0 Å². The summed E-state index contributed by atoms with van der Waals surface area (Å²) in [5, 5.41) is 11.9. The van der Waals surface area contributed by atoms with Crippen LogP contribution in [-0.4, -0.2) is 22.5 Å². The van der Waals surface area contributed by atoms with Crippen molar-refractivity contribution in [2.45, 2.75) is 26.4 Å². The molecule has 1 amide bonds. The topological polar surface area (TPSA) is 88.5 Å². The van der Waals surface area contributed by atoms with Crippen molar-refractivity contribution in [3.63, 3.8) is 0 Å². The van der Waals surface area contributed by atoms with E-state index >= 15 is 0 Å². The van der Waals surface area contributed by atoms with Gasteiger partial charge in [-0.15, -0.1) is 0 Å². The van der Waals surface area contributed by atoms with Crippen molar-refractivity contribution in [2.24, 2.45) is 0 Å². The molecule has 1 aromatic carbocycles. The van der Waals surface area contributed by atoms with Crippen LogP contribution in [0.4, 0.5) is 0 Å². The second kappa shape index (κ2) is 7.81. The number of furan rings is 1. The molecule has 0 bridgehead atoms. The van der Waals surface area contributed by atoms with E-state index in [0.29, 0.717) is 29.6 Å². The Balaban J connectivity index is 1.50. The Morgan fingerprint density at radius 3 is 2.64 bits per heavy atom. The van der Waals surface area contributed by atoms with Crippen molar-refractivity contribution >= 4 is 5.91 Å². The summed E-state index contributed by atoms with van der Waals surface area (Å²) in [6.45, 7) is 2.36. The van der Waals surface area contributed by atoms with Crippen molar-refractivity contribution in [1.29, 1.82) is 0 Å². The second-order valence-electron chi connectivity index (χ2n) is 5.75. The van der Waals surface area contributed by atoms with Crippen LogP contribution in [0.1, 0.15) is 22.6 Å². The maximum Gasteiger partial charge on any atom is 0.263 e. The normalized spacial score (nSPS) is 10.8. The van der Waals surface area contributed by atoms with Gasteiger partial charge in [0.25, 0.3) is 5.89 Å². The number of rotatable bonds is 7. The third kappa shape index (κ3) is 4.36. The maximum atomic E-state index is 12.1. The predicted molar refractivity (Wildman–Crippen MR) is 91.7 cm³/mol. The summed E-state index contributed by atoms with van der Waals surface area (Å²) in [7, 11) is 0. The molecule has 6 nitrogen and oxygen atoms in total. The Kier molecular flexibility index (Phi) is 5.30. The minimum Gasteiger partial charge on any atom is -0.459 e. The number of aryl methyl sites for hydroxylation is 1. The average molecular weight is 340 g/mol. The van der Waals surface area contributed by atoms with E-state index in [4.69, 9.17) is 13.9 Å². The monoisotopic (exact) mass is 340 g/mol. The van der Waals surface area contributed by atoms with E-state index in [1.165, 1.54) is 0 Å². The molecule has 0 aliphatic carbocycles. The number of oxazole rings is 1. The van der Waals surface area contributed by atoms with Crippen LogP contribution in [0.3, 0.4) is 0 Å². The highest BCUT2D eigenvalue weighted by Crippen LogP contribution is 2.22. The molecule has 2 heterocycles. The van der Waals surface area contributed by atoms with Crippen LogP contribution in [0.25, 0.3) is 11.7 Å². The quantitative estimate of drug-likeness (QED) is 0.690. The SMILES string of the molecule is Cc1oc(-c2ccco2)nc1CC(=O)NCCc1ccc(CO)cc1. The highest BCUT2D eigenvalue weighted by atomic mass is 16.4. The molecular weight excluding hydrogens is 320 g/mol. The smallest absolute Gasteiger partial charge is 0.263 e. The first-order valence-corrected chi connectivity index (χ1v) is 8.11. The van der Waals surface area contributed by atoms with Gasteiger partial charge in [-0.25, -0.2) is 4.98 Å². The van der Waals surface area contributed by atoms with Gasteiger partial charge in [0.1, 0.15) is 5.76 Å². The van der Waals surface area contributed by atoms with E-state index < -0.39 is 0 Å². The number of carbonyl (C=O) groups is 1. The number of aromatic nitrogens is 1. The molecule has 0 atom stereocenters. The Bertz CT molecular complexity index is 820. The highest BCUT2D eigenvalue weighted by Gasteiger charge is 2.15. The summed E-state index contributed by atoms with van der Waals surface area (Å²) in [4.78, 5) is 16.4. The third-order valence-corrected chi connectivity index (χ3v) is 3.89. The van der Waals surface area contributed by atoms with Gasteiger partial charge in [0.15, 0.2) is 5.76 Å². The maximum absolute atomic E-state index is 12.1. The van der Waals surface area contributed by atoms with Crippen LogP contribution in [0.5, 0.6) is 0 Å². The number of nitrogens with zero attached hydrogens (tertiary/aromatic N) is 1. The largest absolute Gasteiger partial charge is 0.459 e. The number of carbonyl (C=O) groups excluding carboxylic acids is 1. The molecule has 0 spiro atoms. The molecule has 0 fully saturated rings. The van der Waals surface area contributed by atoms with Crippen molar-refractivity contribution in [2.75, 3.05) is 6.54 Å². The molecular formula is C19H20N2O4. The van der Waals surface area contributed by atoms with Crippen LogP contribution in [0.2, 0.25) is 0 Å².